The lowest BCUT2D eigenvalue weighted by atomic mass is 10.1. The van der Waals surface area contributed by atoms with E-state index in [1.165, 1.54) is 43.3 Å². The molecule has 0 aliphatic rings. The van der Waals surface area contributed by atoms with Gasteiger partial charge in [-0.15, -0.1) is 0 Å². The van der Waals surface area contributed by atoms with Crippen LogP contribution in [0, 0.1) is 17.0 Å². The Morgan fingerprint density at radius 3 is 2.36 bits per heavy atom. The standard InChI is InChI=1S/C22H19Cl2N3O5S/c1-14-2-9-19(13-21(14)27(29)30)33(31,32)26-18-7-4-16(5-8-18)22(28)25-11-10-15-3-6-17(23)12-20(15)24/h2-9,12-13,26H,10-11H2,1H3,(H,25,28). The second-order valence-corrected chi connectivity index (χ2v) is 9.66. The number of carbonyl (C=O) groups excluding carboxylic acids is 1. The summed E-state index contributed by atoms with van der Waals surface area (Å²) in [5.74, 6) is -0.330. The van der Waals surface area contributed by atoms with E-state index in [1.54, 1.807) is 18.2 Å². The lowest BCUT2D eigenvalue weighted by Crippen LogP contribution is -2.25. The van der Waals surface area contributed by atoms with Crippen LogP contribution in [0.4, 0.5) is 11.4 Å². The number of carbonyl (C=O) groups is 1. The van der Waals surface area contributed by atoms with Crippen molar-refractivity contribution in [3.63, 3.8) is 0 Å². The van der Waals surface area contributed by atoms with Crippen molar-refractivity contribution >= 4 is 50.5 Å². The normalized spacial score (nSPS) is 11.1. The number of halogens is 2. The molecule has 0 aliphatic heterocycles. The van der Waals surface area contributed by atoms with E-state index in [4.69, 9.17) is 23.2 Å². The van der Waals surface area contributed by atoms with Crippen molar-refractivity contribution in [2.24, 2.45) is 0 Å². The molecule has 0 unspecified atom stereocenters. The molecule has 3 rings (SSSR count). The Morgan fingerprint density at radius 1 is 1.03 bits per heavy atom. The molecule has 0 saturated heterocycles. The highest BCUT2D eigenvalue weighted by Crippen LogP contribution is 2.24. The molecule has 0 heterocycles. The summed E-state index contributed by atoms with van der Waals surface area (Å²) < 4.78 is 27.6. The molecule has 0 fully saturated rings. The first kappa shape index (κ1) is 24.5. The van der Waals surface area contributed by atoms with Crippen LogP contribution >= 0.6 is 23.2 Å². The Labute approximate surface area is 200 Å². The van der Waals surface area contributed by atoms with E-state index in [9.17, 15) is 23.3 Å². The minimum absolute atomic E-state index is 0.211. The van der Waals surface area contributed by atoms with Crippen LogP contribution < -0.4 is 10.0 Å². The van der Waals surface area contributed by atoms with Crippen LogP contribution in [0.15, 0.2) is 65.6 Å². The molecular weight excluding hydrogens is 489 g/mol. The number of hydrogen-bond donors (Lipinski definition) is 2. The third-order valence-corrected chi connectivity index (χ3v) is 6.75. The number of sulfonamides is 1. The summed E-state index contributed by atoms with van der Waals surface area (Å²) in [6, 6.07) is 14.6. The number of hydrogen-bond acceptors (Lipinski definition) is 5. The maximum absolute atomic E-state index is 12.6. The minimum atomic E-state index is -4.05. The van der Waals surface area contributed by atoms with Crippen LogP contribution in [0.1, 0.15) is 21.5 Å². The molecule has 0 aromatic heterocycles. The third-order valence-electron chi connectivity index (χ3n) is 4.78. The SMILES string of the molecule is Cc1ccc(S(=O)(=O)Nc2ccc(C(=O)NCCc3ccc(Cl)cc3Cl)cc2)cc1[N+](=O)[O-]. The molecule has 0 saturated carbocycles. The van der Waals surface area contributed by atoms with Crippen LogP contribution in [-0.4, -0.2) is 25.8 Å². The Balaban J connectivity index is 1.63. The summed E-state index contributed by atoms with van der Waals surface area (Å²) in [4.78, 5) is 22.6. The van der Waals surface area contributed by atoms with Gasteiger partial charge in [-0.1, -0.05) is 35.3 Å². The first-order valence-electron chi connectivity index (χ1n) is 9.67. The fourth-order valence-electron chi connectivity index (χ4n) is 2.99. The van der Waals surface area contributed by atoms with Crippen molar-refractivity contribution < 1.29 is 18.1 Å². The monoisotopic (exact) mass is 507 g/mol. The number of benzene rings is 3. The van der Waals surface area contributed by atoms with Gasteiger partial charge in [0, 0.05) is 39.5 Å². The number of nitrogens with zero attached hydrogens (tertiary/aromatic N) is 1. The number of amides is 1. The molecule has 0 spiro atoms. The average Bonchev–Trinajstić information content (AvgIpc) is 2.75. The summed E-state index contributed by atoms with van der Waals surface area (Å²) in [6.07, 6.45) is 0.516. The molecular formula is C22H19Cl2N3O5S. The molecule has 172 valence electrons. The predicted octanol–water partition coefficient (Wildman–Crippen LogP) is 4.98. The zero-order chi connectivity index (χ0) is 24.2. The number of nitro groups is 1. The summed E-state index contributed by atoms with van der Waals surface area (Å²) in [5.41, 5.74) is 1.47. The number of rotatable bonds is 8. The van der Waals surface area contributed by atoms with E-state index < -0.39 is 14.9 Å². The Bertz CT molecular complexity index is 1310. The van der Waals surface area contributed by atoms with Gasteiger partial charge in [0.25, 0.3) is 21.6 Å². The molecule has 33 heavy (non-hydrogen) atoms. The van der Waals surface area contributed by atoms with Gasteiger partial charge >= 0.3 is 0 Å². The van der Waals surface area contributed by atoms with Crippen LogP contribution in [0.25, 0.3) is 0 Å². The van der Waals surface area contributed by atoms with Gasteiger partial charge in [-0.3, -0.25) is 19.6 Å². The van der Waals surface area contributed by atoms with Gasteiger partial charge < -0.3 is 5.32 Å². The summed E-state index contributed by atoms with van der Waals surface area (Å²) in [6.45, 7) is 1.87. The second-order valence-electron chi connectivity index (χ2n) is 7.13. The molecule has 0 radical (unpaired) electrons. The minimum Gasteiger partial charge on any atom is -0.352 e. The Hall–Kier alpha value is -3.14. The zero-order valence-corrected chi connectivity index (χ0v) is 19.7. The van der Waals surface area contributed by atoms with E-state index in [2.05, 4.69) is 10.0 Å². The van der Waals surface area contributed by atoms with Crippen LogP contribution in [0.5, 0.6) is 0 Å². The van der Waals surface area contributed by atoms with Gasteiger partial charge in [-0.2, -0.15) is 0 Å². The maximum Gasteiger partial charge on any atom is 0.273 e. The maximum atomic E-state index is 12.6. The van der Waals surface area contributed by atoms with Gasteiger partial charge in [0.1, 0.15) is 0 Å². The highest BCUT2D eigenvalue weighted by molar-refractivity contribution is 7.92. The van der Waals surface area contributed by atoms with Gasteiger partial charge in [-0.05, 0) is 61.4 Å². The highest BCUT2D eigenvalue weighted by Gasteiger charge is 2.20. The molecule has 0 aliphatic carbocycles. The van der Waals surface area contributed by atoms with Crippen molar-refractivity contribution in [3.8, 4) is 0 Å². The number of anilines is 1. The molecule has 3 aromatic rings. The molecule has 8 nitrogen and oxygen atoms in total. The first-order valence-corrected chi connectivity index (χ1v) is 11.9. The van der Waals surface area contributed by atoms with Crippen molar-refractivity contribution in [3.05, 3.63) is 97.5 Å². The number of nitro benzene ring substituents is 1. The van der Waals surface area contributed by atoms with E-state index in [0.29, 0.717) is 34.1 Å². The second kappa shape index (κ2) is 10.2. The van der Waals surface area contributed by atoms with Gasteiger partial charge in [0.15, 0.2) is 0 Å². The molecule has 3 aromatic carbocycles. The summed E-state index contributed by atoms with van der Waals surface area (Å²) >= 11 is 12.0. The molecule has 2 N–H and O–H groups in total. The quantitative estimate of drug-likeness (QED) is 0.329. The average molecular weight is 508 g/mol. The van der Waals surface area contributed by atoms with Crippen molar-refractivity contribution in [1.29, 1.82) is 0 Å². The van der Waals surface area contributed by atoms with Crippen LogP contribution in [0.3, 0.4) is 0 Å². The van der Waals surface area contributed by atoms with Crippen molar-refractivity contribution in [2.75, 3.05) is 11.3 Å². The van der Waals surface area contributed by atoms with Gasteiger partial charge in [0.05, 0.1) is 9.82 Å². The van der Waals surface area contributed by atoms with Crippen LogP contribution in [-0.2, 0) is 16.4 Å². The summed E-state index contributed by atoms with van der Waals surface area (Å²) in [7, 11) is -4.05. The molecule has 0 bridgehead atoms. The van der Waals surface area contributed by atoms with Crippen molar-refractivity contribution in [2.45, 2.75) is 18.2 Å². The van der Waals surface area contributed by atoms with E-state index in [0.717, 1.165) is 11.6 Å². The number of aryl methyl sites for hydroxylation is 1. The van der Waals surface area contributed by atoms with Crippen molar-refractivity contribution in [1.82, 2.24) is 5.32 Å². The highest BCUT2D eigenvalue weighted by atomic mass is 35.5. The molecule has 11 heteroatoms. The van der Waals surface area contributed by atoms with Crippen LogP contribution in [0.2, 0.25) is 10.0 Å². The smallest absolute Gasteiger partial charge is 0.273 e. The fraction of sp³-hybridized carbons (Fsp3) is 0.136. The third kappa shape index (κ3) is 6.22. The zero-order valence-electron chi connectivity index (χ0n) is 17.3. The largest absolute Gasteiger partial charge is 0.352 e. The Kier molecular flexibility index (Phi) is 7.57. The van der Waals surface area contributed by atoms with E-state index >= 15 is 0 Å². The number of nitrogens with one attached hydrogen (secondary N) is 2. The van der Waals surface area contributed by atoms with Gasteiger partial charge in [-0.25, -0.2) is 8.42 Å². The topological polar surface area (TPSA) is 118 Å². The van der Waals surface area contributed by atoms with E-state index in [1.807, 2.05) is 0 Å². The fourth-order valence-corrected chi connectivity index (χ4v) is 4.58. The predicted molar refractivity (Wildman–Crippen MR) is 128 cm³/mol. The summed E-state index contributed by atoms with van der Waals surface area (Å²) in [5, 5.41) is 14.9. The lowest BCUT2D eigenvalue weighted by molar-refractivity contribution is -0.385. The van der Waals surface area contributed by atoms with E-state index in [-0.39, 0.29) is 22.2 Å². The Morgan fingerprint density at radius 2 is 1.73 bits per heavy atom. The first-order chi connectivity index (χ1) is 15.6. The lowest BCUT2D eigenvalue weighted by Gasteiger charge is -2.10. The molecule has 1 amide bonds. The van der Waals surface area contributed by atoms with Gasteiger partial charge in [0.2, 0.25) is 0 Å². The molecule has 0 atom stereocenters.